The lowest BCUT2D eigenvalue weighted by atomic mass is 9.90. The Morgan fingerprint density at radius 2 is 1.86 bits per heavy atom. The van der Waals surface area contributed by atoms with E-state index in [0.29, 0.717) is 6.07 Å². The number of hydrogen-bond donors (Lipinski definition) is 2. The molecule has 5 nitrogen and oxygen atoms in total. The van der Waals surface area contributed by atoms with Crippen LogP contribution in [-0.4, -0.2) is 26.0 Å². The van der Waals surface area contributed by atoms with Gasteiger partial charge in [-0.3, -0.25) is 9.48 Å². The average molecular weight is 408 g/mol. The van der Waals surface area contributed by atoms with E-state index >= 15 is 0 Å². The molecule has 0 atom stereocenters. The smallest absolute Gasteiger partial charge is 0.417 e. The summed E-state index contributed by atoms with van der Waals surface area (Å²) < 4.78 is 56.5. The third-order valence-electron chi connectivity index (χ3n) is 4.30. The quantitative estimate of drug-likeness (QED) is 0.566. The van der Waals surface area contributed by atoms with Gasteiger partial charge in [-0.15, -0.1) is 0 Å². The van der Waals surface area contributed by atoms with Gasteiger partial charge in [-0.1, -0.05) is 18.2 Å². The van der Waals surface area contributed by atoms with Crippen molar-refractivity contribution in [3.63, 3.8) is 0 Å². The molecular weight excluding hydrogens is 392 g/mol. The second-order valence-electron chi connectivity index (χ2n) is 6.38. The van der Waals surface area contributed by atoms with Gasteiger partial charge in [0.1, 0.15) is 11.6 Å². The molecule has 2 aromatic carbocycles. The number of aliphatic carboxylic acids is 1. The van der Waals surface area contributed by atoms with E-state index < -0.39 is 23.5 Å². The summed E-state index contributed by atoms with van der Waals surface area (Å²) in [5.41, 5.74) is -1.53. The maximum Gasteiger partial charge on any atom is 0.417 e. The molecule has 1 aromatic heterocycles. The molecule has 0 radical (unpaired) electrons. The van der Waals surface area contributed by atoms with Gasteiger partial charge < -0.3 is 10.2 Å². The van der Waals surface area contributed by atoms with Crippen LogP contribution < -0.4 is 0 Å². The van der Waals surface area contributed by atoms with Gasteiger partial charge >= 0.3 is 12.1 Å². The number of aromatic nitrogens is 2. The molecule has 0 amide bonds. The average Bonchev–Trinajstić information content (AvgIpc) is 3.09. The number of nitrogens with zero attached hydrogens (tertiary/aromatic N) is 2. The molecule has 0 aliphatic heterocycles. The highest BCUT2D eigenvalue weighted by Gasteiger charge is 2.36. The molecule has 0 aliphatic rings. The number of alkyl halides is 3. The van der Waals surface area contributed by atoms with Crippen LogP contribution in [0.3, 0.4) is 0 Å². The molecule has 9 heteroatoms. The zero-order chi connectivity index (χ0) is 21.2. The number of carboxylic acids is 1. The Hall–Kier alpha value is -3.36. The Morgan fingerprint density at radius 3 is 2.52 bits per heavy atom. The van der Waals surface area contributed by atoms with E-state index in [4.69, 9.17) is 5.11 Å². The summed E-state index contributed by atoms with van der Waals surface area (Å²) in [5.74, 6) is -2.43. The molecule has 3 rings (SSSR count). The van der Waals surface area contributed by atoms with Gasteiger partial charge in [0.25, 0.3) is 0 Å². The van der Waals surface area contributed by atoms with E-state index in [-0.39, 0.29) is 47.4 Å². The first-order valence-corrected chi connectivity index (χ1v) is 8.60. The van der Waals surface area contributed by atoms with E-state index in [9.17, 15) is 27.5 Å². The van der Waals surface area contributed by atoms with E-state index in [1.54, 1.807) is 0 Å². The van der Waals surface area contributed by atoms with Gasteiger partial charge in [0.2, 0.25) is 0 Å². The number of para-hydroxylation sites is 1. The van der Waals surface area contributed by atoms with Crippen molar-refractivity contribution in [1.29, 1.82) is 0 Å². The number of aryl methyl sites for hydroxylation is 1. The lowest BCUT2D eigenvalue weighted by Crippen LogP contribution is -2.09. The summed E-state index contributed by atoms with van der Waals surface area (Å²) in [6, 6.07) is 6.85. The van der Waals surface area contributed by atoms with E-state index in [2.05, 4.69) is 5.10 Å². The monoisotopic (exact) mass is 408 g/mol. The Bertz CT molecular complexity index is 1040. The molecule has 152 valence electrons. The van der Waals surface area contributed by atoms with Crippen molar-refractivity contribution in [3.8, 4) is 28.0 Å². The highest BCUT2D eigenvalue weighted by Crippen LogP contribution is 2.45. The van der Waals surface area contributed by atoms with E-state index in [0.717, 1.165) is 6.07 Å². The third kappa shape index (κ3) is 4.56. The molecule has 0 saturated heterocycles. The summed E-state index contributed by atoms with van der Waals surface area (Å²) in [5, 5.41) is 22.9. The van der Waals surface area contributed by atoms with Crippen LogP contribution in [0.2, 0.25) is 0 Å². The number of phenols is 1. The number of carboxylic acid groups (broad SMARTS) is 1. The Balaban J connectivity index is 2.14. The van der Waals surface area contributed by atoms with Crippen molar-refractivity contribution in [2.45, 2.75) is 25.6 Å². The molecule has 0 saturated carbocycles. The SMILES string of the molecule is O=C(O)CCCn1cc(-c2cc(F)cc(C(F)(F)F)c2-c2ccccc2O)cn1. The standard InChI is InChI=1S/C20H16F4N2O3/c21-13-8-15(12-10-25-26(11-12)7-3-6-18(28)29)19(16(9-13)20(22,23)24)14-4-1-2-5-17(14)27/h1-2,4-5,8-11,27H,3,6-7H2,(H,28,29). The molecule has 3 aromatic rings. The number of carbonyl (C=O) groups is 1. The number of benzene rings is 2. The summed E-state index contributed by atoms with van der Waals surface area (Å²) in [6.07, 6.45) is -1.97. The van der Waals surface area contributed by atoms with Crippen molar-refractivity contribution in [1.82, 2.24) is 9.78 Å². The maximum absolute atomic E-state index is 14.1. The lowest BCUT2D eigenvalue weighted by molar-refractivity contribution is -0.138. The Morgan fingerprint density at radius 1 is 1.14 bits per heavy atom. The van der Waals surface area contributed by atoms with Crippen LogP contribution in [0.5, 0.6) is 5.75 Å². The van der Waals surface area contributed by atoms with Crippen LogP contribution >= 0.6 is 0 Å². The largest absolute Gasteiger partial charge is 0.507 e. The Labute approximate surface area is 162 Å². The summed E-state index contributed by atoms with van der Waals surface area (Å²) in [4.78, 5) is 10.6. The van der Waals surface area contributed by atoms with Crippen molar-refractivity contribution in [2.75, 3.05) is 0 Å². The lowest BCUT2D eigenvalue weighted by Gasteiger charge is -2.18. The second kappa shape index (κ2) is 7.94. The Kier molecular flexibility index (Phi) is 5.58. The molecular formula is C20H16F4N2O3. The van der Waals surface area contributed by atoms with Gasteiger partial charge in [0.15, 0.2) is 0 Å². The molecule has 2 N–H and O–H groups in total. The number of hydrogen-bond acceptors (Lipinski definition) is 3. The predicted molar refractivity (Wildman–Crippen MR) is 96.6 cm³/mol. The summed E-state index contributed by atoms with van der Waals surface area (Å²) in [6.45, 7) is 0.236. The fourth-order valence-electron chi connectivity index (χ4n) is 3.05. The molecule has 0 spiro atoms. The van der Waals surface area contributed by atoms with Gasteiger partial charge in [-0.2, -0.15) is 18.3 Å². The maximum atomic E-state index is 14.1. The predicted octanol–water partition coefficient (Wildman–Crippen LogP) is 4.95. The zero-order valence-corrected chi connectivity index (χ0v) is 14.9. The fraction of sp³-hybridized carbons (Fsp3) is 0.200. The number of halogens is 4. The number of rotatable bonds is 6. The zero-order valence-electron chi connectivity index (χ0n) is 14.9. The molecule has 0 fully saturated rings. The topological polar surface area (TPSA) is 75.3 Å². The highest BCUT2D eigenvalue weighted by atomic mass is 19.4. The van der Waals surface area contributed by atoms with Crippen molar-refractivity contribution < 1.29 is 32.6 Å². The highest BCUT2D eigenvalue weighted by molar-refractivity contribution is 5.88. The molecule has 0 unspecified atom stereocenters. The first-order chi connectivity index (χ1) is 13.7. The minimum Gasteiger partial charge on any atom is -0.507 e. The van der Waals surface area contributed by atoms with Gasteiger partial charge in [0, 0.05) is 35.9 Å². The van der Waals surface area contributed by atoms with Crippen LogP contribution in [-0.2, 0) is 17.5 Å². The molecule has 0 aliphatic carbocycles. The number of phenolic OH excluding ortho intramolecular Hbond substituents is 1. The second-order valence-corrected chi connectivity index (χ2v) is 6.38. The molecule has 0 bridgehead atoms. The first kappa shape index (κ1) is 20.4. The van der Waals surface area contributed by atoms with Gasteiger partial charge in [-0.05, 0) is 30.2 Å². The van der Waals surface area contributed by atoms with Crippen molar-refractivity contribution >= 4 is 5.97 Å². The molecule has 1 heterocycles. The minimum absolute atomic E-state index is 0.0803. The van der Waals surface area contributed by atoms with E-state index in [1.807, 2.05) is 0 Å². The minimum atomic E-state index is -4.86. The van der Waals surface area contributed by atoms with Crippen LogP contribution in [0.25, 0.3) is 22.3 Å². The van der Waals surface area contributed by atoms with E-state index in [1.165, 1.54) is 41.3 Å². The first-order valence-electron chi connectivity index (χ1n) is 8.60. The third-order valence-corrected chi connectivity index (χ3v) is 4.30. The van der Waals surface area contributed by atoms with Gasteiger partial charge in [0.05, 0.1) is 11.8 Å². The molecule has 29 heavy (non-hydrogen) atoms. The summed E-state index contributed by atoms with van der Waals surface area (Å²) in [7, 11) is 0. The fourth-order valence-corrected chi connectivity index (χ4v) is 3.05. The van der Waals surface area contributed by atoms with Gasteiger partial charge in [-0.25, -0.2) is 4.39 Å². The summed E-state index contributed by atoms with van der Waals surface area (Å²) >= 11 is 0. The number of aromatic hydroxyl groups is 1. The normalized spacial score (nSPS) is 11.6. The van der Waals surface area contributed by atoms with Crippen LogP contribution in [0.15, 0.2) is 48.8 Å². The van der Waals surface area contributed by atoms with Crippen LogP contribution in [0.1, 0.15) is 18.4 Å². The van der Waals surface area contributed by atoms with Crippen LogP contribution in [0, 0.1) is 5.82 Å². The van der Waals surface area contributed by atoms with Crippen LogP contribution in [0.4, 0.5) is 17.6 Å². The van der Waals surface area contributed by atoms with Crippen molar-refractivity contribution in [2.24, 2.45) is 0 Å². The van der Waals surface area contributed by atoms with Crippen molar-refractivity contribution in [3.05, 3.63) is 60.2 Å².